The number of halogens is 3. The number of pyridine rings is 1. The molecule has 2 saturated carbocycles. The fourth-order valence-electron chi connectivity index (χ4n) is 5.82. The Morgan fingerprint density at radius 1 is 1.21 bits per heavy atom. The third-order valence-electron chi connectivity index (χ3n) is 7.31. The molecule has 0 spiro atoms. The van der Waals surface area contributed by atoms with Crippen molar-refractivity contribution in [3.8, 4) is 17.0 Å². The smallest absolute Gasteiger partial charge is 0.402 e. The second-order valence-electron chi connectivity index (χ2n) is 9.79. The van der Waals surface area contributed by atoms with E-state index in [1.165, 1.54) is 25.1 Å². The molecule has 7 nitrogen and oxygen atoms in total. The third kappa shape index (κ3) is 4.30. The summed E-state index contributed by atoms with van der Waals surface area (Å²) in [6.07, 6.45) is -1.05. The largest absolute Gasteiger partial charge is 0.573 e. The van der Waals surface area contributed by atoms with Crippen molar-refractivity contribution in [1.82, 2.24) is 19.7 Å². The molecule has 180 valence electrons. The minimum atomic E-state index is -4.84. The van der Waals surface area contributed by atoms with E-state index in [0.29, 0.717) is 41.1 Å². The quantitative estimate of drug-likeness (QED) is 0.713. The van der Waals surface area contributed by atoms with Crippen LogP contribution >= 0.6 is 0 Å². The molecule has 3 aliphatic rings. The molecule has 2 aromatic rings. The monoisotopic (exact) mass is 465 g/mol. The maximum absolute atomic E-state index is 12.7. The van der Waals surface area contributed by atoms with Crippen molar-refractivity contribution < 1.29 is 22.6 Å². The molecular weight excluding hydrogens is 435 g/mol. The van der Waals surface area contributed by atoms with Crippen LogP contribution in [0.2, 0.25) is 0 Å². The van der Waals surface area contributed by atoms with Gasteiger partial charge in [-0.15, -0.1) is 13.2 Å². The van der Waals surface area contributed by atoms with Crippen LogP contribution in [0.5, 0.6) is 5.75 Å². The Morgan fingerprint density at radius 3 is 2.58 bits per heavy atom. The minimum absolute atomic E-state index is 0.137. The van der Waals surface area contributed by atoms with Crippen LogP contribution in [0.15, 0.2) is 18.3 Å². The summed E-state index contributed by atoms with van der Waals surface area (Å²) in [5.41, 5.74) is 7.78. The van der Waals surface area contributed by atoms with E-state index in [2.05, 4.69) is 35.4 Å². The molecule has 3 fully saturated rings. The van der Waals surface area contributed by atoms with E-state index in [0.717, 1.165) is 25.5 Å². The molecular formula is C23H30F3N5O2. The molecule has 5 rings (SSSR count). The van der Waals surface area contributed by atoms with Gasteiger partial charge in [0.1, 0.15) is 0 Å². The number of nitrogen functional groups attached to an aromatic ring is 1. The number of nitrogens with two attached hydrogens (primary N) is 1. The summed E-state index contributed by atoms with van der Waals surface area (Å²) in [6.45, 7) is 8.97. The lowest BCUT2D eigenvalue weighted by atomic mass is 10.0. The van der Waals surface area contributed by atoms with Gasteiger partial charge in [-0.2, -0.15) is 5.10 Å². The van der Waals surface area contributed by atoms with Crippen LogP contribution in [0.3, 0.4) is 0 Å². The highest BCUT2D eigenvalue weighted by Gasteiger charge is 2.59. The van der Waals surface area contributed by atoms with Crippen molar-refractivity contribution in [2.24, 2.45) is 11.8 Å². The third-order valence-corrected chi connectivity index (χ3v) is 7.31. The van der Waals surface area contributed by atoms with Gasteiger partial charge in [-0.05, 0) is 57.6 Å². The lowest BCUT2D eigenvalue weighted by molar-refractivity contribution is -0.274. The zero-order valence-corrected chi connectivity index (χ0v) is 19.0. The molecule has 1 unspecified atom stereocenters. The Bertz CT molecular complexity index is 1010. The molecule has 0 amide bonds. The zero-order chi connectivity index (χ0) is 23.5. The highest BCUT2D eigenvalue weighted by Crippen LogP contribution is 2.64. The number of hydrogen-bond acceptors (Lipinski definition) is 6. The van der Waals surface area contributed by atoms with E-state index in [1.54, 1.807) is 0 Å². The van der Waals surface area contributed by atoms with Gasteiger partial charge < -0.3 is 15.2 Å². The molecule has 0 bridgehead atoms. The number of fused-ring (bicyclic) bond motifs is 1. The molecule has 2 N–H and O–H groups in total. The van der Waals surface area contributed by atoms with E-state index in [4.69, 9.17) is 15.6 Å². The topological polar surface area (TPSA) is 78.4 Å². The molecule has 0 radical (unpaired) electrons. The van der Waals surface area contributed by atoms with Gasteiger partial charge in [0.05, 0.1) is 18.9 Å². The Hall–Kier alpha value is -2.33. The first kappa shape index (κ1) is 22.5. The fourth-order valence-corrected chi connectivity index (χ4v) is 5.82. The highest BCUT2D eigenvalue weighted by atomic mass is 19.4. The van der Waals surface area contributed by atoms with Gasteiger partial charge >= 0.3 is 6.36 Å². The average molecular weight is 466 g/mol. The van der Waals surface area contributed by atoms with Crippen molar-refractivity contribution in [3.05, 3.63) is 24.0 Å². The van der Waals surface area contributed by atoms with Crippen molar-refractivity contribution >= 4 is 5.82 Å². The highest BCUT2D eigenvalue weighted by molar-refractivity contribution is 5.64. The van der Waals surface area contributed by atoms with Crippen LogP contribution in [0.4, 0.5) is 19.0 Å². The van der Waals surface area contributed by atoms with Crippen molar-refractivity contribution in [1.29, 1.82) is 0 Å². The maximum Gasteiger partial charge on any atom is 0.573 e. The summed E-state index contributed by atoms with van der Waals surface area (Å²) in [7, 11) is 0. The van der Waals surface area contributed by atoms with E-state index >= 15 is 0 Å². The number of morpholine rings is 1. The molecule has 1 aliphatic heterocycles. The second-order valence-corrected chi connectivity index (χ2v) is 9.79. The predicted molar refractivity (Wildman–Crippen MR) is 117 cm³/mol. The number of alkyl halides is 3. The van der Waals surface area contributed by atoms with Crippen LogP contribution in [0, 0.1) is 11.8 Å². The molecule has 0 aromatic carbocycles. The van der Waals surface area contributed by atoms with Gasteiger partial charge in [-0.3, -0.25) is 9.58 Å². The Morgan fingerprint density at radius 2 is 1.94 bits per heavy atom. The van der Waals surface area contributed by atoms with Crippen molar-refractivity contribution in [2.75, 3.05) is 25.5 Å². The van der Waals surface area contributed by atoms with Gasteiger partial charge in [0, 0.05) is 48.0 Å². The van der Waals surface area contributed by atoms with Crippen molar-refractivity contribution in [2.45, 2.75) is 64.0 Å². The number of aromatic nitrogens is 3. The van der Waals surface area contributed by atoms with Gasteiger partial charge in [0.25, 0.3) is 0 Å². The fraction of sp³-hybridized carbons (Fsp3) is 0.652. The number of anilines is 1. The van der Waals surface area contributed by atoms with E-state index < -0.39 is 12.1 Å². The summed E-state index contributed by atoms with van der Waals surface area (Å²) in [5.74, 6) is 0.876. The van der Waals surface area contributed by atoms with Crippen LogP contribution < -0.4 is 10.5 Å². The molecule has 3 heterocycles. The Kier molecular flexibility index (Phi) is 5.55. The lowest BCUT2D eigenvalue weighted by Gasteiger charge is -2.38. The number of nitrogens with zero attached hydrogens (tertiary/aromatic N) is 4. The number of hydrogen-bond donors (Lipinski definition) is 1. The molecule has 33 heavy (non-hydrogen) atoms. The summed E-state index contributed by atoms with van der Waals surface area (Å²) >= 11 is 0. The van der Waals surface area contributed by atoms with Crippen LogP contribution in [-0.2, 0) is 4.74 Å². The van der Waals surface area contributed by atoms with Gasteiger partial charge in [-0.25, -0.2) is 4.98 Å². The molecule has 2 aromatic heterocycles. The summed E-state index contributed by atoms with van der Waals surface area (Å²) in [5, 5.41) is 4.73. The summed E-state index contributed by atoms with van der Waals surface area (Å²) < 4.78 is 49.8. The summed E-state index contributed by atoms with van der Waals surface area (Å²) in [4.78, 5) is 6.50. The maximum atomic E-state index is 12.7. The molecule has 10 heteroatoms. The number of rotatable bonds is 5. The van der Waals surface area contributed by atoms with E-state index in [1.807, 2.05) is 10.7 Å². The average Bonchev–Trinajstić information content (AvgIpc) is 3.09. The van der Waals surface area contributed by atoms with Crippen LogP contribution in [-0.4, -0.2) is 57.9 Å². The molecule has 2 aliphatic carbocycles. The second kappa shape index (κ2) is 8.16. The normalized spacial score (nSPS) is 30.0. The first-order valence-electron chi connectivity index (χ1n) is 11.6. The molecule has 5 atom stereocenters. The van der Waals surface area contributed by atoms with Crippen LogP contribution in [0.1, 0.15) is 51.3 Å². The van der Waals surface area contributed by atoms with E-state index in [9.17, 15) is 13.2 Å². The minimum Gasteiger partial charge on any atom is -0.402 e. The SMILES string of the molecule is CC(C)n1nc(-c2cnc(N)c(OC(F)(F)F)c2)cc1[C@H]1[C@@H]2CC(N3CCOC[C@H]3C)C[C@@H]21. The lowest BCUT2D eigenvalue weighted by Crippen LogP contribution is -2.49. The first-order chi connectivity index (χ1) is 15.6. The zero-order valence-electron chi connectivity index (χ0n) is 19.0. The van der Waals surface area contributed by atoms with E-state index in [-0.39, 0.29) is 11.9 Å². The van der Waals surface area contributed by atoms with Gasteiger partial charge in [0.15, 0.2) is 11.6 Å². The first-order valence-corrected chi connectivity index (χ1v) is 11.6. The Labute approximate surface area is 191 Å². The number of ether oxygens (including phenoxy) is 2. The standard InChI is InChI=1S/C23H30F3N5O2/c1-12(2)31-19(21-16-7-15(8-17(16)21)30-4-5-32-11-13(30)3)9-18(29-31)14-6-20(22(27)28-10-14)33-23(24,25)26/h6,9-10,12-13,15-17,21H,4-5,7-8,11H2,1-3H3,(H2,27,28)/t13-,15?,16-,17+,21+/m1/s1. The predicted octanol–water partition coefficient (Wildman–Crippen LogP) is 4.22. The molecule has 1 saturated heterocycles. The van der Waals surface area contributed by atoms with Gasteiger partial charge in [-0.1, -0.05) is 0 Å². The Balaban J connectivity index is 1.36. The summed E-state index contributed by atoms with van der Waals surface area (Å²) in [6, 6.07) is 4.46. The van der Waals surface area contributed by atoms with Crippen molar-refractivity contribution in [3.63, 3.8) is 0 Å². The van der Waals surface area contributed by atoms with Gasteiger partial charge in [0.2, 0.25) is 0 Å². The van der Waals surface area contributed by atoms with Crippen LogP contribution in [0.25, 0.3) is 11.3 Å².